The Labute approximate surface area is 113 Å². The maximum absolute atomic E-state index is 5.98. The predicted molar refractivity (Wildman–Crippen MR) is 74.1 cm³/mol. The Hall–Kier alpha value is -1.85. The molecule has 18 heavy (non-hydrogen) atoms. The van der Waals surface area contributed by atoms with Gasteiger partial charge < -0.3 is 5.73 Å². The molecule has 0 atom stereocenters. The summed E-state index contributed by atoms with van der Waals surface area (Å²) in [5.74, 6) is 0. The summed E-state index contributed by atoms with van der Waals surface area (Å²) in [6.45, 7) is 0. The molecule has 0 spiro atoms. The summed E-state index contributed by atoms with van der Waals surface area (Å²) >= 11 is 7.38. The average molecular weight is 277 g/mol. The molecule has 2 N–H and O–H groups in total. The predicted octanol–water partition coefficient (Wildman–Crippen LogP) is 3.23. The lowest BCUT2D eigenvalue weighted by molar-refractivity contribution is 0.882. The molecular weight excluding hydrogens is 268 g/mol. The van der Waals surface area contributed by atoms with E-state index in [1.54, 1.807) is 23.3 Å². The van der Waals surface area contributed by atoms with E-state index < -0.39 is 0 Å². The molecule has 90 valence electrons. The first-order valence-electron chi connectivity index (χ1n) is 5.25. The fourth-order valence-electron chi connectivity index (χ4n) is 1.65. The van der Waals surface area contributed by atoms with Gasteiger partial charge in [0.1, 0.15) is 5.69 Å². The van der Waals surface area contributed by atoms with Crippen LogP contribution in [0.1, 0.15) is 0 Å². The first-order valence-corrected chi connectivity index (χ1v) is 6.45. The number of hydrogen-bond donors (Lipinski definition) is 1. The highest BCUT2D eigenvalue weighted by Gasteiger charge is 2.11. The SMILES string of the molecule is Nc1cn(-c2ccncc2)nc1-c1ccc(Cl)s1. The number of halogens is 1. The second kappa shape index (κ2) is 4.44. The van der Waals surface area contributed by atoms with Crippen LogP contribution < -0.4 is 5.73 Å². The van der Waals surface area contributed by atoms with Crippen molar-refractivity contribution in [1.29, 1.82) is 0 Å². The summed E-state index contributed by atoms with van der Waals surface area (Å²) in [7, 11) is 0. The molecule has 0 aliphatic carbocycles. The molecule has 0 fully saturated rings. The van der Waals surface area contributed by atoms with Crippen molar-refractivity contribution in [3.8, 4) is 16.3 Å². The molecule has 0 aliphatic heterocycles. The van der Waals surface area contributed by atoms with Crippen LogP contribution >= 0.6 is 22.9 Å². The van der Waals surface area contributed by atoms with Crippen LogP contribution in [0.4, 0.5) is 5.69 Å². The Morgan fingerprint density at radius 2 is 1.94 bits per heavy atom. The van der Waals surface area contributed by atoms with Crippen molar-refractivity contribution in [2.24, 2.45) is 0 Å². The number of aromatic nitrogens is 3. The van der Waals surface area contributed by atoms with Gasteiger partial charge in [-0.05, 0) is 24.3 Å². The lowest BCUT2D eigenvalue weighted by atomic mass is 10.3. The molecule has 0 saturated carbocycles. The third-order valence-corrected chi connectivity index (χ3v) is 3.71. The number of rotatable bonds is 2. The van der Waals surface area contributed by atoms with Crippen molar-refractivity contribution < 1.29 is 0 Å². The van der Waals surface area contributed by atoms with Crippen molar-refractivity contribution in [3.63, 3.8) is 0 Å². The van der Waals surface area contributed by atoms with Gasteiger partial charge in [-0.25, -0.2) is 4.68 Å². The average Bonchev–Trinajstić information content (AvgIpc) is 2.97. The van der Waals surface area contributed by atoms with Gasteiger partial charge in [-0.3, -0.25) is 4.98 Å². The Kier molecular flexibility index (Phi) is 2.77. The van der Waals surface area contributed by atoms with Gasteiger partial charge in [0.2, 0.25) is 0 Å². The molecule has 3 aromatic heterocycles. The van der Waals surface area contributed by atoms with E-state index in [1.807, 2.05) is 24.3 Å². The largest absolute Gasteiger partial charge is 0.396 e. The summed E-state index contributed by atoms with van der Waals surface area (Å²) < 4.78 is 2.46. The molecule has 0 unspecified atom stereocenters. The van der Waals surface area contributed by atoms with Crippen LogP contribution in [0.15, 0.2) is 42.9 Å². The quantitative estimate of drug-likeness (QED) is 0.782. The van der Waals surface area contributed by atoms with Gasteiger partial charge in [0.15, 0.2) is 0 Å². The Morgan fingerprint density at radius 1 is 1.17 bits per heavy atom. The molecule has 0 aliphatic rings. The Bertz CT molecular complexity index is 674. The van der Waals surface area contributed by atoms with E-state index in [0.717, 1.165) is 20.6 Å². The molecule has 0 bridgehead atoms. The van der Waals surface area contributed by atoms with Crippen molar-refractivity contribution in [2.45, 2.75) is 0 Å². The van der Waals surface area contributed by atoms with Crippen molar-refractivity contribution in [2.75, 3.05) is 5.73 Å². The maximum Gasteiger partial charge on any atom is 0.126 e. The highest BCUT2D eigenvalue weighted by Crippen LogP contribution is 2.33. The molecule has 3 rings (SSSR count). The Balaban J connectivity index is 2.06. The standard InChI is InChI=1S/C12H9ClN4S/c13-11-2-1-10(18-11)12-9(14)7-17(16-12)8-3-5-15-6-4-8/h1-7H,14H2. The third-order valence-electron chi connectivity index (χ3n) is 2.48. The molecule has 3 heterocycles. The normalized spacial score (nSPS) is 10.7. The minimum atomic E-state index is 0.630. The van der Waals surface area contributed by atoms with E-state index in [9.17, 15) is 0 Å². The second-order valence-electron chi connectivity index (χ2n) is 3.69. The van der Waals surface area contributed by atoms with Crippen LogP contribution in [0.2, 0.25) is 4.34 Å². The molecule has 4 nitrogen and oxygen atoms in total. The van der Waals surface area contributed by atoms with E-state index in [-0.39, 0.29) is 0 Å². The summed E-state index contributed by atoms with van der Waals surface area (Å²) in [5.41, 5.74) is 8.29. The summed E-state index contributed by atoms with van der Waals surface area (Å²) in [6.07, 6.45) is 5.22. The van der Waals surface area contributed by atoms with Crippen LogP contribution in [0.25, 0.3) is 16.3 Å². The van der Waals surface area contributed by atoms with Gasteiger partial charge in [-0.15, -0.1) is 11.3 Å². The lowest BCUT2D eigenvalue weighted by Gasteiger charge is -1.98. The number of nitrogens with zero attached hydrogens (tertiary/aromatic N) is 3. The molecule has 6 heteroatoms. The summed E-state index contributed by atoms with van der Waals surface area (Å²) in [6, 6.07) is 7.50. The van der Waals surface area contributed by atoms with Crippen LogP contribution in [0.5, 0.6) is 0 Å². The lowest BCUT2D eigenvalue weighted by Crippen LogP contribution is -1.94. The smallest absolute Gasteiger partial charge is 0.126 e. The first kappa shape index (κ1) is 11.3. The minimum Gasteiger partial charge on any atom is -0.396 e. The van der Waals surface area contributed by atoms with Crippen LogP contribution in [0, 0.1) is 0 Å². The number of pyridine rings is 1. The molecule has 3 aromatic rings. The van der Waals surface area contributed by atoms with Gasteiger partial charge in [0, 0.05) is 12.4 Å². The van der Waals surface area contributed by atoms with E-state index in [2.05, 4.69) is 10.1 Å². The fourth-order valence-corrected chi connectivity index (χ4v) is 2.70. The van der Waals surface area contributed by atoms with Crippen LogP contribution in [-0.2, 0) is 0 Å². The van der Waals surface area contributed by atoms with Crippen LogP contribution in [0.3, 0.4) is 0 Å². The monoisotopic (exact) mass is 276 g/mol. The van der Waals surface area contributed by atoms with Gasteiger partial charge in [0.05, 0.1) is 26.8 Å². The van der Waals surface area contributed by atoms with E-state index in [1.165, 1.54) is 11.3 Å². The van der Waals surface area contributed by atoms with Gasteiger partial charge in [0.25, 0.3) is 0 Å². The molecule has 0 saturated heterocycles. The number of thiophene rings is 1. The highest BCUT2D eigenvalue weighted by molar-refractivity contribution is 7.19. The van der Waals surface area contributed by atoms with Gasteiger partial charge in [-0.2, -0.15) is 5.10 Å². The molecule has 0 radical (unpaired) electrons. The van der Waals surface area contributed by atoms with E-state index in [0.29, 0.717) is 5.69 Å². The van der Waals surface area contributed by atoms with E-state index >= 15 is 0 Å². The zero-order valence-corrected chi connectivity index (χ0v) is 10.8. The molecule has 0 aromatic carbocycles. The minimum absolute atomic E-state index is 0.630. The van der Waals surface area contributed by atoms with Crippen molar-refractivity contribution in [3.05, 3.63) is 47.2 Å². The summed E-state index contributed by atoms with van der Waals surface area (Å²) in [4.78, 5) is 4.94. The van der Waals surface area contributed by atoms with Gasteiger partial charge >= 0.3 is 0 Å². The first-order chi connectivity index (χ1) is 8.74. The highest BCUT2D eigenvalue weighted by atomic mass is 35.5. The number of anilines is 1. The topological polar surface area (TPSA) is 56.7 Å². The fraction of sp³-hybridized carbons (Fsp3) is 0. The van der Waals surface area contributed by atoms with Gasteiger partial charge in [-0.1, -0.05) is 11.6 Å². The zero-order chi connectivity index (χ0) is 12.5. The van der Waals surface area contributed by atoms with Crippen LogP contribution in [-0.4, -0.2) is 14.8 Å². The number of hydrogen-bond acceptors (Lipinski definition) is 4. The summed E-state index contributed by atoms with van der Waals surface area (Å²) in [5, 5.41) is 4.48. The molecular formula is C12H9ClN4S. The maximum atomic E-state index is 5.98. The number of nitrogens with two attached hydrogens (primary N) is 1. The van der Waals surface area contributed by atoms with Crippen molar-refractivity contribution >= 4 is 28.6 Å². The second-order valence-corrected chi connectivity index (χ2v) is 5.40. The Morgan fingerprint density at radius 3 is 2.61 bits per heavy atom. The van der Waals surface area contributed by atoms with E-state index in [4.69, 9.17) is 17.3 Å². The number of nitrogen functional groups attached to an aromatic ring is 1. The zero-order valence-electron chi connectivity index (χ0n) is 9.25. The third kappa shape index (κ3) is 1.98. The molecule has 0 amide bonds. The van der Waals surface area contributed by atoms with Crippen molar-refractivity contribution in [1.82, 2.24) is 14.8 Å².